The molecule has 1 rings (SSSR count). The van der Waals surface area contributed by atoms with Gasteiger partial charge < -0.3 is 10.2 Å². The van der Waals surface area contributed by atoms with E-state index >= 15 is 0 Å². The molecule has 1 N–H and O–H groups in total. The van der Waals surface area contributed by atoms with Crippen molar-refractivity contribution in [1.29, 1.82) is 0 Å². The number of hydrogen-bond donors (Lipinski definition) is 1. The molecular weight excluding hydrogens is 188 g/mol. The van der Waals surface area contributed by atoms with Crippen molar-refractivity contribution in [3.05, 3.63) is 0 Å². The van der Waals surface area contributed by atoms with E-state index in [1.165, 1.54) is 0 Å². The van der Waals surface area contributed by atoms with Crippen LogP contribution in [0.3, 0.4) is 0 Å². The molecule has 0 saturated carbocycles. The van der Waals surface area contributed by atoms with E-state index in [2.05, 4.69) is 26.1 Å². The minimum Gasteiger partial charge on any atom is -0.342 e. The van der Waals surface area contributed by atoms with Crippen molar-refractivity contribution in [2.45, 2.75) is 33.6 Å². The molecule has 1 unspecified atom stereocenters. The monoisotopic (exact) mass is 212 g/mol. The Morgan fingerprint density at radius 1 is 1.53 bits per heavy atom. The van der Waals surface area contributed by atoms with Gasteiger partial charge in [-0.05, 0) is 24.8 Å². The summed E-state index contributed by atoms with van der Waals surface area (Å²) >= 11 is 0. The number of carbonyl (C=O) groups is 1. The zero-order valence-electron chi connectivity index (χ0n) is 10.3. The normalized spacial score (nSPS) is 24.1. The first-order chi connectivity index (χ1) is 7.09. The van der Waals surface area contributed by atoms with Gasteiger partial charge in [0, 0.05) is 26.1 Å². The smallest absolute Gasteiger partial charge is 0.223 e. The molecule has 0 bridgehead atoms. The van der Waals surface area contributed by atoms with Gasteiger partial charge in [-0.3, -0.25) is 4.79 Å². The Bertz CT molecular complexity index is 204. The van der Waals surface area contributed by atoms with Gasteiger partial charge in [-0.25, -0.2) is 0 Å². The topological polar surface area (TPSA) is 32.3 Å². The highest BCUT2D eigenvalue weighted by Gasteiger charge is 2.18. The Balaban J connectivity index is 2.44. The van der Waals surface area contributed by atoms with Crippen LogP contribution >= 0.6 is 0 Å². The summed E-state index contributed by atoms with van der Waals surface area (Å²) in [5, 5.41) is 3.31. The second kappa shape index (κ2) is 6.11. The Morgan fingerprint density at radius 3 is 2.93 bits per heavy atom. The molecule has 1 amide bonds. The summed E-state index contributed by atoms with van der Waals surface area (Å²) in [6, 6.07) is 0. The standard InChI is InChI=1S/C12H24N2O/c1-10(2)5-7-14-9-11(3)8-13-6-4-12(14)15/h10-11,13H,4-9H2,1-3H3. The Morgan fingerprint density at radius 2 is 2.27 bits per heavy atom. The van der Waals surface area contributed by atoms with Gasteiger partial charge >= 0.3 is 0 Å². The van der Waals surface area contributed by atoms with Crippen molar-refractivity contribution in [2.75, 3.05) is 26.2 Å². The molecule has 0 aromatic carbocycles. The van der Waals surface area contributed by atoms with Gasteiger partial charge in [0.05, 0.1) is 0 Å². The summed E-state index contributed by atoms with van der Waals surface area (Å²) in [6.45, 7) is 10.3. The zero-order valence-corrected chi connectivity index (χ0v) is 10.3. The fraction of sp³-hybridized carbons (Fsp3) is 0.917. The molecule has 1 heterocycles. The van der Waals surface area contributed by atoms with Crippen molar-refractivity contribution >= 4 is 5.91 Å². The number of nitrogens with one attached hydrogen (secondary N) is 1. The quantitative estimate of drug-likeness (QED) is 0.768. The maximum atomic E-state index is 11.8. The van der Waals surface area contributed by atoms with Crippen LogP contribution in [0.4, 0.5) is 0 Å². The van der Waals surface area contributed by atoms with Crippen molar-refractivity contribution in [1.82, 2.24) is 10.2 Å². The lowest BCUT2D eigenvalue weighted by molar-refractivity contribution is -0.132. The summed E-state index contributed by atoms with van der Waals surface area (Å²) in [5.41, 5.74) is 0. The van der Waals surface area contributed by atoms with Crippen molar-refractivity contribution < 1.29 is 4.79 Å². The molecule has 0 aromatic rings. The largest absolute Gasteiger partial charge is 0.342 e. The fourth-order valence-electron chi connectivity index (χ4n) is 1.87. The van der Waals surface area contributed by atoms with Crippen LogP contribution in [0.25, 0.3) is 0 Å². The maximum absolute atomic E-state index is 11.8. The lowest BCUT2D eigenvalue weighted by Crippen LogP contribution is -2.42. The van der Waals surface area contributed by atoms with Gasteiger partial charge in [0.15, 0.2) is 0 Å². The highest BCUT2D eigenvalue weighted by Crippen LogP contribution is 2.08. The van der Waals surface area contributed by atoms with Crippen LogP contribution in [0.1, 0.15) is 33.6 Å². The van der Waals surface area contributed by atoms with Gasteiger partial charge in [0.25, 0.3) is 0 Å². The minimum absolute atomic E-state index is 0.315. The highest BCUT2D eigenvalue weighted by molar-refractivity contribution is 5.76. The molecule has 0 aliphatic carbocycles. The van der Waals surface area contributed by atoms with Gasteiger partial charge in [0.2, 0.25) is 5.91 Å². The molecule has 88 valence electrons. The molecule has 1 fully saturated rings. The van der Waals surface area contributed by atoms with Crippen LogP contribution in [0.2, 0.25) is 0 Å². The molecule has 3 nitrogen and oxygen atoms in total. The summed E-state index contributed by atoms with van der Waals surface area (Å²) in [5.74, 6) is 1.56. The van der Waals surface area contributed by atoms with Crippen LogP contribution in [0, 0.1) is 11.8 Å². The van der Waals surface area contributed by atoms with Gasteiger partial charge in [-0.15, -0.1) is 0 Å². The number of rotatable bonds is 3. The zero-order chi connectivity index (χ0) is 11.3. The number of nitrogens with zero attached hydrogens (tertiary/aromatic N) is 1. The Hall–Kier alpha value is -0.570. The summed E-state index contributed by atoms with van der Waals surface area (Å²) < 4.78 is 0. The molecule has 3 heteroatoms. The van der Waals surface area contributed by atoms with E-state index in [-0.39, 0.29) is 0 Å². The van der Waals surface area contributed by atoms with Crippen LogP contribution in [0.5, 0.6) is 0 Å². The number of carbonyl (C=O) groups excluding carboxylic acids is 1. The van der Waals surface area contributed by atoms with E-state index in [1.54, 1.807) is 0 Å². The maximum Gasteiger partial charge on any atom is 0.223 e. The molecule has 1 atom stereocenters. The van der Waals surface area contributed by atoms with Gasteiger partial charge in [-0.1, -0.05) is 20.8 Å². The van der Waals surface area contributed by atoms with Crippen molar-refractivity contribution in [3.8, 4) is 0 Å². The van der Waals surface area contributed by atoms with E-state index < -0.39 is 0 Å². The van der Waals surface area contributed by atoms with Crippen molar-refractivity contribution in [3.63, 3.8) is 0 Å². The third-order valence-corrected chi connectivity index (χ3v) is 2.87. The predicted octanol–water partition coefficient (Wildman–Crippen LogP) is 1.49. The molecule has 0 aromatic heterocycles. The lowest BCUT2D eigenvalue weighted by Gasteiger charge is -2.29. The molecule has 0 radical (unpaired) electrons. The van der Waals surface area contributed by atoms with E-state index in [0.717, 1.165) is 32.6 Å². The van der Waals surface area contributed by atoms with Crippen LogP contribution < -0.4 is 5.32 Å². The molecule has 1 saturated heterocycles. The van der Waals surface area contributed by atoms with Crippen LogP contribution in [-0.2, 0) is 4.79 Å². The average molecular weight is 212 g/mol. The lowest BCUT2D eigenvalue weighted by atomic mass is 10.1. The summed E-state index contributed by atoms with van der Waals surface area (Å²) in [7, 11) is 0. The number of hydrogen-bond acceptors (Lipinski definition) is 2. The fourth-order valence-corrected chi connectivity index (χ4v) is 1.87. The van der Waals surface area contributed by atoms with Crippen molar-refractivity contribution in [2.24, 2.45) is 11.8 Å². The van der Waals surface area contributed by atoms with Crippen LogP contribution in [-0.4, -0.2) is 37.0 Å². The van der Waals surface area contributed by atoms with E-state index in [4.69, 9.17) is 0 Å². The predicted molar refractivity (Wildman–Crippen MR) is 62.7 cm³/mol. The minimum atomic E-state index is 0.315. The summed E-state index contributed by atoms with van der Waals surface area (Å²) in [4.78, 5) is 13.9. The Kier molecular flexibility index (Phi) is 5.09. The number of amides is 1. The second-order valence-corrected chi connectivity index (χ2v) is 5.08. The first kappa shape index (κ1) is 12.5. The van der Waals surface area contributed by atoms with Gasteiger partial charge in [0.1, 0.15) is 0 Å². The molecule has 1 aliphatic rings. The van der Waals surface area contributed by atoms with Crippen LogP contribution in [0.15, 0.2) is 0 Å². The third kappa shape index (κ3) is 4.65. The molecule has 1 aliphatic heterocycles. The van der Waals surface area contributed by atoms with E-state index in [9.17, 15) is 4.79 Å². The van der Waals surface area contributed by atoms with Gasteiger partial charge in [-0.2, -0.15) is 0 Å². The third-order valence-electron chi connectivity index (χ3n) is 2.87. The molecule has 15 heavy (non-hydrogen) atoms. The summed E-state index contributed by atoms with van der Waals surface area (Å²) in [6.07, 6.45) is 1.77. The SMILES string of the molecule is CC(C)CCN1CC(C)CNCCC1=O. The van der Waals surface area contributed by atoms with E-state index in [1.807, 2.05) is 4.90 Å². The first-order valence-corrected chi connectivity index (χ1v) is 6.08. The molecular formula is C12H24N2O. The Labute approximate surface area is 93.2 Å². The first-order valence-electron chi connectivity index (χ1n) is 6.08. The highest BCUT2D eigenvalue weighted by atomic mass is 16.2. The second-order valence-electron chi connectivity index (χ2n) is 5.08. The molecule has 0 spiro atoms. The average Bonchev–Trinajstić information content (AvgIpc) is 2.16. The van der Waals surface area contributed by atoms with E-state index in [0.29, 0.717) is 24.2 Å².